The highest BCUT2D eigenvalue weighted by Gasteiger charge is 2.34. The van der Waals surface area contributed by atoms with Crippen molar-refractivity contribution < 1.29 is 9.59 Å². The molecule has 0 aliphatic carbocycles. The highest BCUT2D eigenvalue weighted by molar-refractivity contribution is 5.95. The first kappa shape index (κ1) is 29.8. The van der Waals surface area contributed by atoms with Crippen LogP contribution < -0.4 is 16.8 Å². The third-order valence-electron chi connectivity index (χ3n) is 7.80. The van der Waals surface area contributed by atoms with Crippen molar-refractivity contribution in [3.05, 3.63) is 42.1 Å². The van der Waals surface area contributed by atoms with E-state index < -0.39 is 5.54 Å². The molecule has 3 rings (SSSR count). The van der Waals surface area contributed by atoms with E-state index in [1.807, 2.05) is 0 Å². The van der Waals surface area contributed by atoms with Crippen LogP contribution in [-0.2, 0) is 16.0 Å². The number of nitrogens with two attached hydrogens (primary N) is 2. The van der Waals surface area contributed by atoms with Crippen molar-refractivity contribution in [3.8, 4) is 0 Å². The minimum Gasteiger partial charge on any atom is -0.353 e. The number of nitrogens with one attached hydrogen (secondary N) is 1. The molecule has 0 radical (unpaired) electrons. The van der Waals surface area contributed by atoms with Crippen LogP contribution in [0.1, 0.15) is 40.2 Å². The Morgan fingerprint density at radius 2 is 1.76 bits per heavy atom. The Labute approximate surface area is 228 Å². The largest absolute Gasteiger partial charge is 0.353 e. The number of benzene rings is 1. The van der Waals surface area contributed by atoms with Crippen molar-refractivity contribution >= 4 is 23.8 Å². The highest BCUT2D eigenvalue weighted by Crippen LogP contribution is 2.28. The Morgan fingerprint density at radius 1 is 1.13 bits per heavy atom. The normalized spacial score (nSPS) is 22.4. The van der Waals surface area contributed by atoms with Crippen LogP contribution in [0.15, 0.2) is 41.5 Å². The van der Waals surface area contributed by atoms with Gasteiger partial charge in [0.2, 0.25) is 12.3 Å². The quantitative estimate of drug-likeness (QED) is 0.244. The number of likely N-dealkylation sites (tertiary alicyclic amines) is 1. The Kier molecular flexibility index (Phi) is 10.5. The molecule has 1 aromatic rings. The van der Waals surface area contributed by atoms with E-state index in [1.54, 1.807) is 31.0 Å². The van der Waals surface area contributed by atoms with Crippen molar-refractivity contribution in [2.24, 2.45) is 34.2 Å². The first-order valence-corrected chi connectivity index (χ1v) is 13.8. The molecule has 0 aromatic heterocycles. The fraction of sp³-hybridized carbons (Fsp3) is 0.621. The number of amides is 2. The van der Waals surface area contributed by atoms with Gasteiger partial charge in [0, 0.05) is 51.5 Å². The molecule has 38 heavy (non-hydrogen) atoms. The summed E-state index contributed by atoms with van der Waals surface area (Å²) in [5.74, 6) is 2.46. The molecule has 0 spiro atoms. The number of piperazine rings is 1. The Bertz CT molecular complexity index is 976. The van der Waals surface area contributed by atoms with E-state index in [-0.39, 0.29) is 5.91 Å². The first-order chi connectivity index (χ1) is 18.0. The molecule has 2 heterocycles. The molecule has 2 aliphatic rings. The van der Waals surface area contributed by atoms with E-state index in [4.69, 9.17) is 16.5 Å². The molecule has 1 aromatic carbocycles. The van der Waals surface area contributed by atoms with Crippen LogP contribution in [0.2, 0.25) is 0 Å². The van der Waals surface area contributed by atoms with E-state index in [1.165, 1.54) is 5.56 Å². The highest BCUT2D eigenvalue weighted by atomic mass is 16.2. The zero-order valence-corrected chi connectivity index (χ0v) is 23.8. The number of hydrogen-bond acceptors (Lipinski definition) is 6. The molecule has 2 saturated heterocycles. The van der Waals surface area contributed by atoms with Crippen molar-refractivity contribution in [1.82, 2.24) is 20.0 Å². The Morgan fingerprint density at radius 3 is 2.29 bits per heavy atom. The average molecular weight is 526 g/mol. The zero-order chi connectivity index (χ0) is 27.9. The maximum absolute atomic E-state index is 12.6. The molecule has 2 fully saturated rings. The minimum atomic E-state index is -0.887. The van der Waals surface area contributed by atoms with Gasteiger partial charge in [0.1, 0.15) is 5.84 Å². The molecule has 2 amide bonds. The Hall–Kier alpha value is -2.75. The van der Waals surface area contributed by atoms with Crippen molar-refractivity contribution in [2.75, 3.05) is 45.8 Å². The summed E-state index contributed by atoms with van der Waals surface area (Å²) in [6.45, 7) is 15.8. The second-order valence-corrected chi connectivity index (χ2v) is 11.7. The summed E-state index contributed by atoms with van der Waals surface area (Å²) in [5.41, 5.74) is 13.3. The van der Waals surface area contributed by atoms with Gasteiger partial charge in [-0.3, -0.25) is 14.5 Å². The van der Waals surface area contributed by atoms with Gasteiger partial charge >= 0.3 is 0 Å². The van der Waals surface area contributed by atoms with Gasteiger partial charge in [0.15, 0.2) is 0 Å². The number of rotatable bonds is 10. The number of nitrogens with zero attached hydrogens (tertiary/aromatic N) is 4. The molecule has 210 valence electrons. The molecule has 0 bridgehead atoms. The van der Waals surface area contributed by atoms with Crippen LogP contribution in [0.25, 0.3) is 0 Å². The fourth-order valence-electron chi connectivity index (χ4n) is 5.44. The molecule has 0 saturated carbocycles. The zero-order valence-electron chi connectivity index (χ0n) is 23.8. The van der Waals surface area contributed by atoms with E-state index in [0.717, 1.165) is 37.6 Å². The molecule has 9 nitrogen and oxygen atoms in total. The summed E-state index contributed by atoms with van der Waals surface area (Å²) < 4.78 is 0. The van der Waals surface area contributed by atoms with E-state index in [2.05, 4.69) is 60.2 Å². The van der Waals surface area contributed by atoms with Gasteiger partial charge in [-0.2, -0.15) is 0 Å². The van der Waals surface area contributed by atoms with Gasteiger partial charge in [-0.25, -0.2) is 4.99 Å². The number of aliphatic imine (C=N–C) groups is 1. The van der Waals surface area contributed by atoms with E-state index >= 15 is 0 Å². The Balaban J connectivity index is 1.71. The monoisotopic (exact) mass is 525 g/mol. The standard InChI is InChI=1S/C29H47N7O2/c1-21(2)26(36-18-22(3)24(17-30)19-36)16-23-6-8-25(9-7-23)33-27(10-11-32-20-37)34-12-14-35(15-13-34)28(38)29(4,5)31/h6-11,20-22,24,26H,12-19,30-31H2,1-5H3,(H,32,37)/b11-10-,33-27?/t22?,24-,26?/m1/s1. The molecule has 9 heteroatoms. The molecular weight excluding hydrogens is 478 g/mol. The second kappa shape index (κ2) is 13.4. The molecule has 3 atom stereocenters. The van der Waals surface area contributed by atoms with Crippen LogP contribution in [0.5, 0.6) is 0 Å². The summed E-state index contributed by atoms with van der Waals surface area (Å²) >= 11 is 0. The number of hydrogen-bond donors (Lipinski definition) is 3. The maximum Gasteiger partial charge on any atom is 0.242 e. The van der Waals surface area contributed by atoms with Crippen LogP contribution in [0, 0.1) is 17.8 Å². The lowest BCUT2D eigenvalue weighted by atomic mass is 9.95. The second-order valence-electron chi connectivity index (χ2n) is 11.7. The predicted octanol–water partition coefficient (Wildman–Crippen LogP) is 1.95. The fourth-order valence-corrected chi connectivity index (χ4v) is 5.44. The minimum absolute atomic E-state index is 0.0500. The van der Waals surface area contributed by atoms with Crippen LogP contribution in [-0.4, -0.2) is 90.2 Å². The third-order valence-corrected chi connectivity index (χ3v) is 7.80. The van der Waals surface area contributed by atoms with Crippen LogP contribution in [0.4, 0.5) is 5.69 Å². The molecule has 2 aliphatic heterocycles. The molecular formula is C29H47N7O2. The van der Waals surface area contributed by atoms with Gasteiger partial charge < -0.3 is 26.6 Å². The summed E-state index contributed by atoms with van der Waals surface area (Å²) in [4.78, 5) is 34.8. The first-order valence-electron chi connectivity index (χ1n) is 13.8. The summed E-state index contributed by atoms with van der Waals surface area (Å²) in [7, 11) is 0. The SMILES string of the molecule is CC(C)C(Cc1ccc(N=C(/C=C\NC=O)N2CCN(C(=O)C(C)(C)N)CC2)cc1)N1CC(C)[C@H](CN)C1. The molecule has 2 unspecified atom stereocenters. The molecule has 5 N–H and O–H groups in total. The van der Waals surface area contributed by atoms with Gasteiger partial charge in [-0.15, -0.1) is 0 Å². The third kappa shape index (κ3) is 7.88. The number of amidine groups is 1. The lowest BCUT2D eigenvalue weighted by Crippen LogP contribution is -2.57. The average Bonchev–Trinajstić information content (AvgIpc) is 3.26. The van der Waals surface area contributed by atoms with E-state index in [9.17, 15) is 9.59 Å². The summed E-state index contributed by atoms with van der Waals surface area (Å²) in [5, 5.41) is 2.57. The summed E-state index contributed by atoms with van der Waals surface area (Å²) in [6, 6.07) is 8.92. The van der Waals surface area contributed by atoms with Gasteiger partial charge in [0.05, 0.1) is 11.2 Å². The predicted molar refractivity (Wildman–Crippen MR) is 154 cm³/mol. The van der Waals surface area contributed by atoms with Crippen molar-refractivity contribution in [3.63, 3.8) is 0 Å². The maximum atomic E-state index is 12.6. The topological polar surface area (TPSA) is 120 Å². The van der Waals surface area contributed by atoms with Gasteiger partial charge in [-0.05, 0) is 68.3 Å². The number of carbonyl (C=O) groups is 2. The summed E-state index contributed by atoms with van der Waals surface area (Å²) in [6.07, 6.45) is 5.00. The van der Waals surface area contributed by atoms with Gasteiger partial charge in [-0.1, -0.05) is 32.9 Å². The van der Waals surface area contributed by atoms with E-state index in [0.29, 0.717) is 56.4 Å². The van der Waals surface area contributed by atoms with Crippen molar-refractivity contribution in [2.45, 2.75) is 52.6 Å². The number of carbonyl (C=O) groups excluding carboxylic acids is 2. The lowest BCUT2D eigenvalue weighted by Gasteiger charge is -2.38. The van der Waals surface area contributed by atoms with Crippen LogP contribution >= 0.6 is 0 Å². The lowest BCUT2D eigenvalue weighted by molar-refractivity contribution is -0.137. The van der Waals surface area contributed by atoms with Crippen LogP contribution in [0.3, 0.4) is 0 Å². The van der Waals surface area contributed by atoms with Gasteiger partial charge in [0.25, 0.3) is 0 Å². The smallest absolute Gasteiger partial charge is 0.242 e. The van der Waals surface area contributed by atoms with Crippen molar-refractivity contribution in [1.29, 1.82) is 0 Å².